The van der Waals surface area contributed by atoms with E-state index in [0.717, 1.165) is 35.9 Å². The SMILES string of the molecule is O=C(CSc1nnc2c3ccccc3n(CO)c2n1)Nc1nc2c(s1)CCCC2. The van der Waals surface area contributed by atoms with E-state index in [0.29, 0.717) is 21.5 Å². The van der Waals surface area contributed by atoms with E-state index in [1.807, 2.05) is 24.3 Å². The molecule has 0 saturated heterocycles. The first-order valence-electron chi connectivity index (χ1n) is 9.36. The molecule has 1 aliphatic carbocycles. The van der Waals surface area contributed by atoms with E-state index in [1.54, 1.807) is 15.9 Å². The minimum absolute atomic E-state index is 0.146. The zero-order valence-electron chi connectivity index (χ0n) is 15.5. The number of aliphatic hydroxyl groups is 1. The van der Waals surface area contributed by atoms with Gasteiger partial charge in [-0.1, -0.05) is 30.0 Å². The second-order valence-electron chi connectivity index (χ2n) is 6.79. The molecule has 1 amide bonds. The Kier molecular flexibility index (Phi) is 4.90. The lowest BCUT2D eigenvalue weighted by Crippen LogP contribution is -2.14. The number of rotatable bonds is 5. The molecule has 0 spiro atoms. The van der Waals surface area contributed by atoms with Crippen molar-refractivity contribution in [2.24, 2.45) is 0 Å². The van der Waals surface area contributed by atoms with Crippen molar-refractivity contribution < 1.29 is 9.90 Å². The van der Waals surface area contributed by atoms with Crippen molar-refractivity contribution in [1.29, 1.82) is 0 Å². The first kappa shape index (κ1) is 18.5. The maximum Gasteiger partial charge on any atom is 0.236 e. The molecule has 5 rings (SSSR count). The first-order chi connectivity index (χ1) is 14.2. The fraction of sp³-hybridized carbons (Fsp3) is 0.316. The minimum Gasteiger partial charge on any atom is -0.376 e. The summed E-state index contributed by atoms with van der Waals surface area (Å²) < 4.78 is 1.68. The van der Waals surface area contributed by atoms with Crippen LogP contribution in [0.25, 0.3) is 22.1 Å². The van der Waals surface area contributed by atoms with Crippen LogP contribution in [0, 0.1) is 0 Å². The number of nitrogens with one attached hydrogen (secondary N) is 1. The smallest absolute Gasteiger partial charge is 0.236 e. The van der Waals surface area contributed by atoms with E-state index in [2.05, 4.69) is 25.5 Å². The van der Waals surface area contributed by atoms with Crippen LogP contribution >= 0.6 is 23.1 Å². The third-order valence-corrected chi connectivity index (χ3v) is 6.83. The fourth-order valence-corrected chi connectivity index (χ4v) is 5.23. The maximum absolute atomic E-state index is 12.3. The molecule has 0 aliphatic heterocycles. The average Bonchev–Trinajstić information content (AvgIpc) is 3.29. The predicted molar refractivity (Wildman–Crippen MR) is 113 cm³/mol. The third kappa shape index (κ3) is 3.47. The van der Waals surface area contributed by atoms with Crippen LogP contribution in [0.5, 0.6) is 0 Å². The number of aliphatic hydroxyl groups excluding tert-OH is 1. The molecular formula is C19H18N6O2S2. The average molecular weight is 427 g/mol. The molecule has 3 heterocycles. The summed E-state index contributed by atoms with van der Waals surface area (Å²) in [5.74, 6) is 0.0176. The van der Waals surface area contributed by atoms with Gasteiger partial charge >= 0.3 is 0 Å². The van der Waals surface area contributed by atoms with Gasteiger partial charge in [0.25, 0.3) is 0 Å². The van der Waals surface area contributed by atoms with Gasteiger partial charge in [-0.05, 0) is 31.7 Å². The lowest BCUT2D eigenvalue weighted by molar-refractivity contribution is -0.113. The van der Waals surface area contributed by atoms with Crippen molar-refractivity contribution in [3.05, 3.63) is 34.8 Å². The van der Waals surface area contributed by atoms with Gasteiger partial charge in [-0.15, -0.1) is 21.5 Å². The lowest BCUT2D eigenvalue weighted by atomic mass is 10.0. The number of carbonyl (C=O) groups excluding carboxylic acids is 1. The second kappa shape index (κ2) is 7.69. The van der Waals surface area contributed by atoms with Gasteiger partial charge in [0.05, 0.1) is 17.0 Å². The highest BCUT2D eigenvalue weighted by atomic mass is 32.2. The molecule has 3 aromatic heterocycles. The van der Waals surface area contributed by atoms with Crippen LogP contribution in [0.4, 0.5) is 5.13 Å². The Morgan fingerprint density at radius 2 is 2.07 bits per heavy atom. The number of nitrogens with zero attached hydrogens (tertiary/aromatic N) is 5. The fourth-order valence-electron chi connectivity index (χ4n) is 3.58. The van der Waals surface area contributed by atoms with Gasteiger partial charge in [-0.3, -0.25) is 4.79 Å². The Balaban J connectivity index is 1.32. The maximum atomic E-state index is 12.3. The summed E-state index contributed by atoms with van der Waals surface area (Å²) in [5, 5.41) is 23.0. The van der Waals surface area contributed by atoms with Crippen LogP contribution in [0.2, 0.25) is 0 Å². The number of fused-ring (bicyclic) bond motifs is 4. The highest BCUT2D eigenvalue weighted by molar-refractivity contribution is 7.99. The number of benzene rings is 1. The summed E-state index contributed by atoms with van der Waals surface area (Å²) in [6.07, 6.45) is 4.40. The summed E-state index contributed by atoms with van der Waals surface area (Å²) in [6, 6.07) is 7.64. The molecule has 0 unspecified atom stereocenters. The van der Waals surface area contributed by atoms with E-state index in [-0.39, 0.29) is 18.4 Å². The standard InChI is InChI=1S/C19H18N6O2S2/c26-10-25-13-7-3-1-5-11(13)16-17(25)22-19(24-23-16)28-9-15(27)21-18-20-12-6-2-4-8-14(12)29-18/h1,3,5,7,26H,2,4,6,8-10H2,(H,20,21,27). The Labute approximate surface area is 174 Å². The van der Waals surface area contributed by atoms with Crippen molar-refractivity contribution in [1.82, 2.24) is 24.7 Å². The third-order valence-electron chi connectivity index (χ3n) is 4.92. The molecule has 0 radical (unpaired) electrons. The largest absolute Gasteiger partial charge is 0.376 e. The highest BCUT2D eigenvalue weighted by Crippen LogP contribution is 2.30. The Morgan fingerprint density at radius 3 is 2.93 bits per heavy atom. The lowest BCUT2D eigenvalue weighted by Gasteiger charge is -2.06. The van der Waals surface area contributed by atoms with E-state index in [1.165, 1.54) is 23.1 Å². The number of anilines is 1. The Hall–Kier alpha value is -2.56. The molecule has 1 aromatic carbocycles. The van der Waals surface area contributed by atoms with Crippen molar-refractivity contribution >= 4 is 56.2 Å². The van der Waals surface area contributed by atoms with Gasteiger partial charge in [-0.25, -0.2) is 9.97 Å². The highest BCUT2D eigenvalue weighted by Gasteiger charge is 2.18. The molecule has 4 aromatic rings. The summed E-state index contributed by atoms with van der Waals surface area (Å²) in [4.78, 5) is 22.7. The summed E-state index contributed by atoms with van der Waals surface area (Å²) in [6.45, 7) is -0.206. The quantitative estimate of drug-likeness (QED) is 0.473. The number of thiazole rings is 1. The molecule has 1 aliphatic rings. The normalized spacial score (nSPS) is 13.7. The number of aromatic nitrogens is 5. The van der Waals surface area contributed by atoms with Gasteiger partial charge in [0, 0.05) is 10.3 Å². The molecule has 10 heteroatoms. The van der Waals surface area contributed by atoms with E-state index in [4.69, 9.17) is 0 Å². The molecule has 29 heavy (non-hydrogen) atoms. The Morgan fingerprint density at radius 1 is 1.21 bits per heavy atom. The number of hydrogen-bond donors (Lipinski definition) is 2. The molecule has 0 fully saturated rings. The van der Waals surface area contributed by atoms with Crippen LogP contribution < -0.4 is 5.32 Å². The summed E-state index contributed by atoms with van der Waals surface area (Å²) in [5.41, 5.74) is 3.16. The van der Waals surface area contributed by atoms with Crippen LogP contribution in [0.15, 0.2) is 29.4 Å². The molecule has 2 N–H and O–H groups in total. The number of aryl methyl sites for hydroxylation is 2. The molecule has 0 bridgehead atoms. The molecule has 148 valence electrons. The van der Waals surface area contributed by atoms with Crippen molar-refractivity contribution in [3.8, 4) is 0 Å². The molecule has 8 nitrogen and oxygen atoms in total. The molecule has 0 atom stereocenters. The number of thioether (sulfide) groups is 1. The first-order valence-corrected chi connectivity index (χ1v) is 11.2. The monoisotopic (exact) mass is 426 g/mol. The molecular weight excluding hydrogens is 408 g/mol. The van der Waals surface area contributed by atoms with E-state index < -0.39 is 0 Å². The second-order valence-corrected chi connectivity index (χ2v) is 8.81. The van der Waals surface area contributed by atoms with Crippen LogP contribution in [0.1, 0.15) is 23.4 Å². The van der Waals surface area contributed by atoms with E-state index in [9.17, 15) is 9.90 Å². The van der Waals surface area contributed by atoms with Crippen LogP contribution in [0.3, 0.4) is 0 Å². The minimum atomic E-state index is -0.206. The number of para-hydroxylation sites is 1. The van der Waals surface area contributed by atoms with Gasteiger partial charge in [0.2, 0.25) is 11.1 Å². The summed E-state index contributed by atoms with van der Waals surface area (Å²) in [7, 11) is 0. The topological polar surface area (TPSA) is 106 Å². The number of carbonyl (C=O) groups is 1. The van der Waals surface area contributed by atoms with Gasteiger partial charge < -0.3 is 15.0 Å². The molecule has 0 saturated carbocycles. The predicted octanol–water partition coefficient (Wildman–Crippen LogP) is 3.00. The number of amides is 1. The van der Waals surface area contributed by atoms with Crippen molar-refractivity contribution in [2.45, 2.75) is 37.6 Å². The van der Waals surface area contributed by atoms with Crippen molar-refractivity contribution in [3.63, 3.8) is 0 Å². The zero-order valence-corrected chi connectivity index (χ0v) is 17.1. The number of hydrogen-bond acceptors (Lipinski definition) is 8. The van der Waals surface area contributed by atoms with Gasteiger partial charge in [0.1, 0.15) is 12.2 Å². The van der Waals surface area contributed by atoms with Crippen molar-refractivity contribution in [2.75, 3.05) is 11.1 Å². The van der Waals surface area contributed by atoms with Gasteiger partial charge in [-0.2, -0.15) is 0 Å². The zero-order chi connectivity index (χ0) is 19.8. The van der Waals surface area contributed by atoms with Gasteiger partial charge in [0.15, 0.2) is 10.8 Å². The summed E-state index contributed by atoms with van der Waals surface area (Å²) >= 11 is 2.78. The van der Waals surface area contributed by atoms with E-state index >= 15 is 0 Å². The van der Waals surface area contributed by atoms with Crippen LogP contribution in [-0.2, 0) is 24.4 Å². The Bertz CT molecular complexity index is 1190. The van der Waals surface area contributed by atoms with Crippen LogP contribution in [-0.4, -0.2) is 41.5 Å².